The second kappa shape index (κ2) is 6.98. The van der Waals surface area contributed by atoms with Gasteiger partial charge in [0.2, 0.25) is 0 Å². The highest BCUT2D eigenvalue weighted by atomic mass is 35.5. The van der Waals surface area contributed by atoms with Crippen molar-refractivity contribution in [2.45, 2.75) is 23.8 Å². The third-order valence-electron chi connectivity index (χ3n) is 2.97. The van der Waals surface area contributed by atoms with E-state index in [4.69, 9.17) is 17.3 Å². The van der Waals surface area contributed by atoms with Gasteiger partial charge >= 0.3 is 0 Å². The van der Waals surface area contributed by atoms with Crippen LogP contribution < -0.4 is 5.73 Å². The Hall–Kier alpha value is -0.970. The lowest BCUT2D eigenvalue weighted by Crippen LogP contribution is -2.23. The highest BCUT2D eigenvalue weighted by molar-refractivity contribution is 7.99. The van der Waals surface area contributed by atoms with Crippen LogP contribution in [-0.4, -0.2) is 21.6 Å². The van der Waals surface area contributed by atoms with E-state index in [9.17, 15) is 0 Å². The molecule has 0 fully saturated rings. The fourth-order valence-electron chi connectivity index (χ4n) is 1.80. The molecular formula is C14H18ClN3S. The Morgan fingerprint density at radius 1 is 1.32 bits per heavy atom. The van der Waals surface area contributed by atoms with Crippen LogP contribution in [0, 0.1) is 0 Å². The minimum Gasteiger partial charge on any atom is -0.327 e. The van der Waals surface area contributed by atoms with Gasteiger partial charge in [-0.2, -0.15) is 5.10 Å². The normalized spacial score (nSPS) is 12.6. The molecule has 0 amide bonds. The van der Waals surface area contributed by atoms with Gasteiger partial charge in [-0.25, -0.2) is 0 Å². The molecule has 0 saturated carbocycles. The number of hydrogen-bond acceptors (Lipinski definition) is 3. The van der Waals surface area contributed by atoms with E-state index in [1.54, 1.807) is 11.8 Å². The molecule has 2 rings (SSSR count). The van der Waals surface area contributed by atoms with Crippen LogP contribution in [0.3, 0.4) is 0 Å². The molecule has 1 unspecified atom stereocenters. The smallest absolute Gasteiger partial charge is 0.0492 e. The van der Waals surface area contributed by atoms with Crippen molar-refractivity contribution >= 4 is 23.4 Å². The Labute approximate surface area is 123 Å². The Bertz CT molecular complexity index is 510. The summed E-state index contributed by atoms with van der Waals surface area (Å²) >= 11 is 7.63. The van der Waals surface area contributed by atoms with Crippen molar-refractivity contribution in [1.29, 1.82) is 0 Å². The molecule has 2 aromatic rings. The van der Waals surface area contributed by atoms with Crippen LogP contribution in [0.25, 0.3) is 0 Å². The third kappa shape index (κ3) is 4.56. The molecule has 0 spiro atoms. The van der Waals surface area contributed by atoms with Gasteiger partial charge in [0.15, 0.2) is 0 Å². The molecule has 1 atom stereocenters. The zero-order valence-electron chi connectivity index (χ0n) is 10.9. The van der Waals surface area contributed by atoms with Gasteiger partial charge in [-0.05, 0) is 43.2 Å². The quantitative estimate of drug-likeness (QED) is 0.833. The second-order valence-corrected chi connectivity index (χ2v) is 6.04. The molecule has 3 nitrogen and oxygen atoms in total. The summed E-state index contributed by atoms with van der Waals surface area (Å²) in [6.45, 7) is 0. The summed E-state index contributed by atoms with van der Waals surface area (Å²) < 4.78 is 1.90. The van der Waals surface area contributed by atoms with Crippen LogP contribution in [0.5, 0.6) is 0 Å². The Morgan fingerprint density at radius 2 is 2.05 bits per heavy atom. The molecule has 0 saturated heterocycles. The molecule has 1 heterocycles. The predicted octanol–water partition coefficient (Wildman–Crippen LogP) is 3.13. The van der Waals surface area contributed by atoms with Crippen molar-refractivity contribution in [3.63, 3.8) is 0 Å². The third-order valence-corrected chi connectivity index (χ3v) is 4.42. The standard InChI is InChI=1S/C14H18ClN3S/c1-18-13(8-9-17-18)5-4-12(16)10-19-14-6-2-11(15)3-7-14/h2-3,6-9,12H,4-5,10,16H2,1H3. The number of hydrogen-bond donors (Lipinski definition) is 1. The molecule has 0 aliphatic rings. The molecule has 0 bridgehead atoms. The maximum absolute atomic E-state index is 6.14. The van der Waals surface area contributed by atoms with E-state index in [1.165, 1.54) is 10.6 Å². The highest BCUT2D eigenvalue weighted by Crippen LogP contribution is 2.21. The molecular weight excluding hydrogens is 278 g/mol. The van der Waals surface area contributed by atoms with E-state index >= 15 is 0 Å². The molecule has 0 aliphatic carbocycles. The number of benzene rings is 1. The van der Waals surface area contributed by atoms with Crippen molar-refractivity contribution in [2.75, 3.05) is 5.75 Å². The summed E-state index contributed by atoms with van der Waals surface area (Å²) in [5.74, 6) is 0.916. The average molecular weight is 296 g/mol. The lowest BCUT2D eigenvalue weighted by atomic mass is 10.1. The number of nitrogens with two attached hydrogens (primary N) is 1. The number of aromatic nitrogens is 2. The zero-order chi connectivity index (χ0) is 13.7. The minimum atomic E-state index is 0.190. The first-order valence-electron chi connectivity index (χ1n) is 6.26. The van der Waals surface area contributed by atoms with Crippen molar-refractivity contribution in [3.05, 3.63) is 47.2 Å². The molecule has 0 aliphatic heterocycles. The molecule has 1 aromatic carbocycles. The van der Waals surface area contributed by atoms with E-state index in [1.807, 2.05) is 48.3 Å². The zero-order valence-corrected chi connectivity index (χ0v) is 12.5. The summed E-state index contributed by atoms with van der Waals surface area (Å²) in [6, 6.07) is 10.1. The summed E-state index contributed by atoms with van der Waals surface area (Å²) in [5.41, 5.74) is 7.37. The number of thioether (sulfide) groups is 1. The van der Waals surface area contributed by atoms with E-state index < -0.39 is 0 Å². The van der Waals surface area contributed by atoms with Crippen molar-refractivity contribution < 1.29 is 0 Å². The van der Waals surface area contributed by atoms with Crippen LogP contribution in [0.15, 0.2) is 41.4 Å². The number of nitrogens with zero attached hydrogens (tertiary/aromatic N) is 2. The monoisotopic (exact) mass is 295 g/mol. The van der Waals surface area contributed by atoms with E-state index in [-0.39, 0.29) is 6.04 Å². The first-order valence-corrected chi connectivity index (χ1v) is 7.62. The molecule has 102 valence electrons. The minimum absolute atomic E-state index is 0.190. The van der Waals surface area contributed by atoms with Crippen molar-refractivity contribution in [2.24, 2.45) is 12.8 Å². The predicted molar refractivity (Wildman–Crippen MR) is 81.7 cm³/mol. The summed E-state index contributed by atoms with van der Waals surface area (Å²) in [7, 11) is 1.96. The summed E-state index contributed by atoms with van der Waals surface area (Å²) in [4.78, 5) is 1.21. The molecule has 0 radical (unpaired) electrons. The SMILES string of the molecule is Cn1nccc1CCC(N)CSc1ccc(Cl)cc1. The van der Waals surface area contributed by atoms with Gasteiger partial charge in [-0.3, -0.25) is 4.68 Å². The van der Waals surface area contributed by atoms with Crippen LogP contribution in [0.4, 0.5) is 0 Å². The lowest BCUT2D eigenvalue weighted by molar-refractivity contribution is 0.629. The maximum atomic E-state index is 6.14. The first-order chi connectivity index (χ1) is 9.15. The number of aryl methyl sites for hydroxylation is 2. The van der Waals surface area contributed by atoms with Crippen LogP contribution in [0.2, 0.25) is 5.02 Å². The maximum Gasteiger partial charge on any atom is 0.0492 e. The molecule has 1 aromatic heterocycles. The van der Waals surface area contributed by atoms with Gasteiger partial charge < -0.3 is 5.73 Å². The van der Waals surface area contributed by atoms with Gasteiger partial charge in [0.25, 0.3) is 0 Å². The Morgan fingerprint density at radius 3 is 2.68 bits per heavy atom. The average Bonchev–Trinajstić information content (AvgIpc) is 2.81. The fraction of sp³-hybridized carbons (Fsp3) is 0.357. The van der Waals surface area contributed by atoms with Crippen molar-refractivity contribution in [1.82, 2.24) is 9.78 Å². The highest BCUT2D eigenvalue weighted by Gasteiger charge is 2.06. The number of rotatable bonds is 6. The fourth-order valence-corrected chi connectivity index (χ4v) is 2.82. The molecule has 19 heavy (non-hydrogen) atoms. The lowest BCUT2D eigenvalue weighted by Gasteiger charge is -2.11. The topological polar surface area (TPSA) is 43.8 Å². The van der Waals surface area contributed by atoms with E-state index in [0.717, 1.165) is 23.6 Å². The summed E-state index contributed by atoms with van der Waals surface area (Å²) in [5, 5.41) is 4.92. The second-order valence-electron chi connectivity index (χ2n) is 4.51. The van der Waals surface area contributed by atoms with E-state index in [0.29, 0.717) is 0 Å². The molecule has 2 N–H and O–H groups in total. The van der Waals surface area contributed by atoms with Gasteiger partial charge in [0, 0.05) is 40.7 Å². The van der Waals surface area contributed by atoms with Gasteiger partial charge in [0.05, 0.1) is 0 Å². The Balaban J connectivity index is 1.74. The van der Waals surface area contributed by atoms with Gasteiger partial charge in [0.1, 0.15) is 0 Å². The first kappa shape index (κ1) is 14.4. The Kier molecular flexibility index (Phi) is 5.31. The van der Waals surface area contributed by atoms with Crippen LogP contribution >= 0.6 is 23.4 Å². The molecule has 5 heteroatoms. The van der Waals surface area contributed by atoms with Crippen LogP contribution in [0.1, 0.15) is 12.1 Å². The number of halogens is 1. The van der Waals surface area contributed by atoms with Crippen molar-refractivity contribution in [3.8, 4) is 0 Å². The van der Waals surface area contributed by atoms with E-state index in [2.05, 4.69) is 5.10 Å². The summed E-state index contributed by atoms with van der Waals surface area (Å²) in [6.07, 6.45) is 3.77. The van der Waals surface area contributed by atoms with Gasteiger partial charge in [-0.15, -0.1) is 11.8 Å². The largest absolute Gasteiger partial charge is 0.327 e. The van der Waals surface area contributed by atoms with Crippen LogP contribution in [-0.2, 0) is 13.5 Å². The van der Waals surface area contributed by atoms with Gasteiger partial charge in [-0.1, -0.05) is 11.6 Å².